The zero-order chi connectivity index (χ0) is 41.2. The molecule has 4 aromatic carbocycles. The summed E-state index contributed by atoms with van der Waals surface area (Å²) >= 11 is 0. The van der Waals surface area contributed by atoms with Gasteiger partial charge >= 0.3 is 23.9 Å². The van der Waals surface area contributed by atoms with E-state index < -0.39 is 61.2 Å². The third-order valence-corrected chi connectivity index (χ3v) is 6.87. The molecule has 0 heterocycles. The normalized spacial score (nSPS) is 10.6. The average molecular weight is 772 g/mol. The van der Waals surface area contributed by atoms with Crippen molar-refractivity contribution in [1.29, 1.82) is 0 Å². The molecule has 290 valence electrons. The summed E-state index contributed by atoms with van der Waals surface area (Å²) in [6.45, 7) is -1.48. The Bertz CT molecular complexity index is 2150. The smallest absolute Gasteiger partial charge is 0.339 e. The number of carboxylic acid groups (broad SMARTS) is 4. The maximum absolute atomic E-state index is 11.9. The van der Waals surface area contributed by atoms with Gasteiger partial charge in [-0.15, -0.1) is 0 Å². The molecule has 20 heteroatoms. The van der Waals surface area contributed by atoms with E-state index in [-0.39, 0.29) is 46.8 Å². The molecule has 0 fully saturated rings. The van der Waals surface area contributed by atoms with Crippen molar-refractivity contribution < 1.29 is 64.2 Å². The second-order valence-electron chi connectivity index (χ2n) is 11.2. The van der Waals surface area contributed by atoms with Gasteiger partial charge in [-0.05, 0) is 71.8 Å². The Morgan fingerprint density at radius 1 is 0.446 bits per heavy atom. The predicted molar refractivity (Wildman–Crippen MR) is 193 cm³/mol. The highest BCUT2D eigenvalue weighted by Crippen LogP contribution is 2.27. The van der Waals surface area contributed by atoms with E-state index in [9.17, 15) is 43.8 Å². The van der Waals surface area contributed by atoms with Crippen molar-refractivity contribution in [2.75, 3.05) is 19.6 Å². The number of amides is 3. The molecule has 0 aliphatic rings. The van der Waals surface area contributed by atoms with E-state index >= 15 is 0 Å². The Morgan fingerprint density at radius 3 is 1.18 bits per heavy atom. The van der Waals surface area contributed by atoms with Crippen LogP contribution in [0.15, 0.2) is 105 Å². The summed E-state index contributed by atoms with van der Waals surface area (Å²) < 4.78 is 0. The molecule has 0 aliphatic heterocycles. The number of carbonyl (C=O) groups is 7. The van der Waals surface area contributed by atoms with Crippen LogP contribution in [0, 0.1) is 0 Å². The lowest BCUT2D eigenvalue weighted by Crippen LogP contribution is -2.30. The van der Waals surface area contributed by atoms with Crippen LogP contribution in [0.3, 0.4) is 0 Å². The molecule has 0 aliphatic carbocycles. The molecule has 0 saturated carbocycles. The number of hydrogen-bond acceptors (Lipinski definition) is 13. The first-order valence-electron chi connectivity index (χ1n) is 16.0. The van der Waals surface area contributed by atoms with Gasteiger partial charge in [0.1, 0.15) is 36.7 Å². The number of aliphatic carboxylic acids is 3. The predicted octanol–water partition coefficient (Wildman–Crippen LogP) is 3.61. The molecule has 0 saturated heterocycles. The second kappa shape index (κ2) is 20.9. The van der Waals surface area contributed by atoms with Crippen molar-refractivity contribution in [2.24, 2.45) is 20.5 Å². The summed E-state index contributed by atoms with van der Waals surface area (Å²) in [7, 11) is 0. The highest BCUT2D eigenvalue weighted by atomic mass is 16.4. The largest absolute Gasteiger partial charge is 0.507 e. The van der Waals surface area contributed by atoms with Gasteiger partial charge in [-0.25, -0.2) is 4.79 Å². The number of aromatic carboxylic acids is 1. The van der Waals surface area contributed by atoms with Gasteiger partial charge in [0.05, 0.1) is 41.2 Å². The molecule has 0 atom stereocenters. The van der Waals surface area contributed by atoms with Crippen LogP contribution < -0.4 is 16.0 Å². The van der Waals surface area contributed by atoms with E-state index in [0.29, 0.717) is 22.5 Å². The van der Waals surface area contributed by atoms with Crippen LogP contribution in [0.1, 0.15) is 31.8 Å². The molecule has 3 amide bonds. The van der Waals surface area contributed by atoms with Gasteiger partial charge in [0.2, 0.25) is 11.8 Å². The van der Waals surface area contributed by atoms with Crippen molar-refractivity contribution in [3.05, 3.63) is 107 Å². The van der Waals surface area contributed by atoms with Gasteiger partial charge in [0.15, 0.2) is 0 Å². The van der Waals surface area contributed by atoms with Gasteiger partial charge < -0.3 is 46.6 Å². The lowest BCUT2D eigenvalue weighted by atomic mass is 10.1. The fraction of sp³-hybridized carbons (Fsp3) is 0.139. The minimum absolute atomic E-state index is 0.0114. The van der Waals surface area contributed by atoms with Gasteiger partial charge in [0, 0.05) is 0 Å². The molecule has 0 bridgehead atoms. The summed E-state index contributed by atoms with van der Waals surface area (Å²) in [5.41, 5.74) is 2.35. The first-order chi connectivity index (χ1) is 26.6. The van der Waals surface area contributed by atoms with Crippen molar-refractivity contribution in [3.63, 3.8) is 0 Å². The van der Waals surface area contributed by atoms with E-state index in [2.05, 4.69) is 36.4 Å². The molecule has 9 N–H and O–H groups in total. The number of nitrogens with one attached hydrogen (secondary N) is 3. The van der Waals surface area contributed by atoms with Crippen LogP contribution in [-0.4, -0.2) is 91.9 Å². The zero-order valence-electron chi connectivity index (χ0n) is 28.9. The van der Waals surface area contributed by atoms with E-state index in [1.807, 2.05) is 0 Å². The molecule has 0 radical (unpaired) electrons. The SMILES string of the molecule is O=C(O)CNC(=O)Cc1ccc(N=Nc2ccc(O)c(C(=O)NCC(=O)O)c2)cc1.O=C(O)CNC(=O)Cc1ccc(N=Nc2ccc(O)c(C(=O)O)c2)cc1. The maximum atomic E-state index is 11.9. The van der Waals surface area contributed by atoms with Crippen LogP contribution >= 0.6 is 0 Å². The number of phenolic OH excluding ortho intramolecular Hbond substituents is 1. The molecule has 0 spiro atoms. The molecular weight excluding hydrogens is 738 g/mol. The highest BCUT2D eigenvalue weighted by Gasteiger charge is 2.14. The van der Waals surface area contributed by atoms with Crippen molar-refractivity contribution in [3.8, 4) is 11.5 Å². The summed E-state index contributed by atoms with van der Waals surface area (Å²) in [4.78, 5) is 77.4. The Morgan fingerprint density at radius 2 is 0.786 bits per heavy atom. The minimum atomic E-state index is -1.27. The molecule has 0 unspecified atom stereocenters. The Hall–Kier alpha value is -8.03. The Balaban J connectivity index is 0.000000303. The molecule has 56 heavy (non-hydrogen) atoms. The van der Waals surface area contributed by atoms with Gasteiger partial charge in [-0.1, -0.05) is 24.3 Å². The average Bonchev–Trinajstić information content (AvgIpc) is 3.16. The molecule has 0 aromatic heterocycles. The number of phenols is 2. The van der Waals surface area contributed by atoms with Crippen molar-refractivity contribution >= 4 is 64.3 Å². The molecule has 4 rings (SSSR count). The van der Waals surface area contributed by atoms with Crippen LogP contribution in [0.25, 0.3) is 0 Å². The summed E-state index contributed by atoms with van der Waals surface area (Å²) in [5.74, 6) is -7.03. The van der Waals surface area contributed by atoms with Crippen LogP contribution in [-0.2, 0) is 36.8 Å². The molecule has 4 aromatic rings. The third kappa shape index (κ3) is 14.9. The van der Waals surface area contributed by atoms with Crippen molar-refractivity contribution in [2.45, 2.75) is 12.8 Å². The Labute approximate surface area is 315 Å². The first kappa shape index (κ1) is 42.4. The third-order valence-electron chi connectivity index (χ3n) is 6.87. The fourth-order valence-electron chi connectivity index (χ4n) is 4.21. The lowest BCUT2D eigenvalue weighted by Gasteiger charge is -2.05. The fourth-order valence-corrected chi connectivity index (χ4v) is 4.21. The monoisotopic (exact) mass is 771 g/mol. The van der Waals surface area contributed by atoms with Crippen LogP contribution in [0.2, 0.25) is 0 Å². The highest BCUT2D eigenvalue weighted by molar-refractivity contribution is 5.99. The van der Waals surface area contributed by atoms with Gasteiger partial charge in [0.25, 0.3) is 5.91 Å². The standard InChI is InChI=1S/C19H18N4O7.C17H15N3O6/c24-15-6-5-13(8-14(15)19(30)21-10-18(28)29)23-22-12-3-1-11(2-4-12)7-16(25)20-9-17(26)27;21-14-6-5-12(8-13(14)17(25)26)20-19-11-3-1-10(2-4-11)7-15(22)18-9-16(23)24/h1-6,8,24H,7,9-10H2,(H,20,25)(H,21,30)(H,26,27)(H,28,29);1-6,8,21H,7,9H2,(H,18,22)(H,23,24)(H,25,26). The number of nitrogens with zero attached hydrogens (tertiary/aromatic N) is 4. The quantitative estimate of drug-likeness (QED) is 0.0736. The van der Waals surface area contributed by atoms with E-state index in [1.165, 1.54) is 36.4 Å². The van der Waals surface area contributed by atoms with E-state index in [1.54, 1.807) is 48.5 Å². The Kier molecular flexibility index (Phi) is 15.8. The van der Waals surface area contributed by atoms with Gasteiger partial charge in [-0.2, -0.15) is 20.5 Å². The number of aromatic hydroxyl groups is 2. The van der Waals surface area contributed by atoms with E-state index in [4.69, 9.17) is 20.4 Å². The topological polar surface area (TPSA) is 326 Å². The second-order valence-corrected chi connectivity index (χ2v) is 11.2. The molecule has 20 nitrogen and oxygen atoms in total. The number of carbonyl (C=O) groups excluding carboxylic acids is 3. The summed E-state index contributed by atoms with van der Waals surface area (Å²) in [6, 6.07) is 20.8. The summed E-state index contributed by atoms with van der Waals surface area (Å²) in [5, 5.41) is 76.3. The number of carboxylic acids is 4. The van der Waals surface area contributed by atoms with Gasteiger partial charge in [-0.3, -0.25) is 28.8 Å². The zero-order valence-corrected chi connectivity index (χ0v) is 28.9. The summed E-state index contributed by atoms with van der Waals surface area (Å²) in [6.07, 6.45) is 0.0438. The van der Waals surface area contributed by atoms with Crippen molar-refractivity contribution in [1.82, 2.24) is 16.0 Å². The van der Waals surface area contributed by atoms with E-state index in [0.717, 1.165) is 0 Å². The number of benzene rings is 4. The lowest BCUT2D eigenvalue weighted by molar-refractivity contribution is -0.138. The maximum Gasteiger partial charge on any atom is 0.339 e. The van der Waals surface area contributed by atoms with Crippen LogP contribution in [0.4, 0.5) is 22.7 Å². The molecular formula is C36H33N7O13. The number of rotatable bonds is 16. The minimum Gasteiger partial charge on any atom is -0.507 e. The number of hydrogen-bond donors (Lipinski definition) is 9. The number of azo groups is 2. The first-order valence-corrected chi connectivity index (χ1v) is 16.0. The van der Waals surface area contributed by atoms with Crippen LogP contribution in [0.5, 0.6) is 11.5 Å².